The van der Waals surface area contributed by atoms with Crippen LogP contribution in [0.25, 0.3) is 0 Å². The van der Waals surface area contributed by atoms with Crippen molar-refractivity contribution in [3.8, 4) is 5.75 Å². The molecule has 0 unspecified atom stereocenters. The summed E-state index contributed by atoms with van der Waals surface area (Å²) in [6.07, 6.45) is 0. The Hall–Kier alpha value is -2.33. The van der Waals surface area contributed by atoms with E-state index in [0.717, 1.165) is 16.9 Å². The molecule has 0 spiro atoms. The Labute approximate surface area is 124 Å². The molecule has 1 atom stereocenters. The van der Waals surface area contributed by atoms with Crippen molar-refractivity contribution in [3.05, 3.63) is 65.2 Å². The maximum atomic E-state index is 11.0. The second kappa shape index (κ2) is 6.90. The van der Waals surface area contributed by atoms with Gasteiger partial charge in [-0.2, -0.15) is 0 Å². The van der Waals surface area contributed by atoms with E-state index in [0.29, 0.717) is 12.1 Å². The zero-order chi connectivity index (χ0) is 15.2. The number of benzene rings is 2. The molecule has 21 heavy (non-hydrogen) atoms. The van der Waals surface area contributed by atoms with Crippen LogP contribution in [0.2, 0.25) is 0 Å². The average Bonchev–Trinajstić information content (AvgIpc) is 2.52. The van der Waals surface area contributed by atoms with Crippen molar-refractivity contribution in [1.82, 2.24) is 5.32 Å². The van der Waals surface area contributed by atoms with Crippen LogP contribution in [0.5, 0.6) is 5.75 Å². The normalized spacial score (nSPS) is 11.9. The summed E-state index contributed by atoms with van der Waals surface area (Å²) < 4.78 is 5.37. The Morgan fingerprint density at radius 3 is 2.48 bits per heavy atom. The summed E-state index contributed by atoms with van der Waals surface area (Å²) in [5.41, 5.74) is 7.97. The predicted octanol–water partition coefficient (Wildman–Crippen LogP) is 2.64. The lowest BCUT2D eigenvalue weighted by atomic mass is 10.1. The van der Waals surface area contributed by atoms with Crippen molar-refractivity contribution < 1.29 is 9.53 Å². The van der Waals surface area contributed by atoms with Crippen molar-refractivity contribution in [2.45, 2.75) is 19.5 Å². The lowest BCUT2D eigenvalue weighted by Gasteiger charge is -2.17. The molecule has 0 aliphatic heterocycles. The molecule has 1 amide bonds. The van der Waals surface area contributed by atoms with Crippen molar-refractivity contribution >= 4 is 5.91 Å². The molecular formula is C17H20N2O2. The molecule has 2 aromatic carbocycles. The third-order valence-electron chi connectivity index (χ3n) is 3.46. The number of hydrogen-bond acceptors (Lipinski definition) is 3. The number of ether oxygens (including phenoxy) is 1. The van der Waals surface area contributed by atoms with Crippen molar-refractivity contribution in [2.24, 2.45) is 5.73 Å². The number of hydrogen-bond donors (Lipinski definition) is 2. The van der Waals surface area contributed by atoms with Gasteiger partial charge < -0.3 is 15.8 Å². The summed E-state index contributed by atoms with van der Waals surface area (Å²) in [7, 11) is 1.67. The maximum absolute atomic E-state index is 11.0. The fourth-order valence-corrected chi connectivity index (χ4v) is 2.19. The number of nitrogens with one attached hydrogen (secondary N) is 1. The second-order valence-corrected chi connectivity index (χ2v) is 4.91. The van der Waals surface area contributed by atoms with Crippen LogP contribution in [-0.4, -0.2) is 13.0 Å². The third-order valence-corrected chi connectivity index (χ3v) is 3.46. The van der Waals surface area contributed by atoms with E-state index in [9.17, 15) is 4.79 Å². The molecular weight excluding hydrogens is 264 g/mol. The fraction of sp³-hybridized carbons (Fsp3) is 0.235. The van der Waals surface area contributed by atoms with E-state index >= 15 is 0 Å². The average molecular weight is 284 g/mol. The van der Waals surface area contributed by atoms with E-state index in [1.165, 1.54) is 0 Å². The molecule has 0 fully saturated rings. The highest BCUT2D eigenvalue weighted by atomic mass is 16.5. The number of para-hydroxylation sites is 1. The zero-order valence-electron chi connectivity index (χ0n) is 12.3. The third kappa shape index (κ3) is 3.83. The first kappa shape index (κ1) is 15.1. The first-order valence-electron chi connectivity index (χ1n) is 6.87. The van der Waals surface area contributed by atoms with Crippen LogP contribution in [0.1, 0.15) is 34.5 Å². The Balaban J connectivity index is 2.00. The SMILES string of the molecule is COc1ccccc1[C@@H](C)NCc1ccc(C(N)=O)cc1. The molecule has 4 heteroatoms. The minimum atomic E-state index is -0.406. The Kier molecular flexibility index (Phi) is 4.95. The fourth-order valence-electron chi connectivity index (χ4n) is 2.19. The maximum Gasteiger partial charge on any atom is 0.248 e. The van der Waals surface area contributed by atoms with E-state index in [2.05, 4.69) is 12.2 Å². The number of primary amides is 1. The van der Waals surface area contributed by atoms with Gasteiger partial charge in [0.1, 0.15) is 5.75 Å². The monoisotopic (exact) mass is 284 g/mol. The van der Waals surface area contributed by atoms with Gasteiger partial charge in [-0.05, 0) is 30.7 Å². The number of rotatable bonds is 6. The van der Waals surface area contributed by atoms with Crippen LogP contribution in [0.15, 0.2) is 48.5 Å². The number of carbonyl (C=O) groups is 1. The number of nitrogens with two attached hydrogens (primary N) is 1. The highest BCUT2D eigenvalue weighted by Gasteiger charge is 2.10. The Morgan fingerprint density at radius 2 is 1.86 bits per heavy atom. The summed E-state index contributed by atoms with van der Waals surface area (Å²) in [5.74, 6) is 0.471. The first-order valence-corrected chi connectivity index (χ1v) is 6.87. The minimum absolute atomic E-state index is 0.164. The van der Waals surface area contributed by atoms with E-state index in [-0.39, 0.29) is 6.04 Å². The molecule has 0 saturated heterocycles. The predicted molar refractivity (Wildman–Crippen MR) is 83.2 cm³/mol. The van der Waals surface area contributed by atoms with Gasteiger partial charge in [0.05, 0.1) is 7.11 Å². The molecule has 0 aromatic heterocycles. The van der Waals surface area contributed by atoms with Gasteiger partial charge in [-0.3, -0.25) is 4.79 Å². The largest absolute Gasteiger partial charge is 0.496 e. The molecule has 2 rings (SSSR count). The van der Waals surface area contributed by atoms with Crippen molar-refractivity contribution in [1.29, 1.82) is 0 Å². The molecule has 0 saturated carbocycles. The summed E-state index contributed by atoms with van der Waals surface area (Å²) in [5, 5.41) is 3.44. The minimum Gasteiger partial charge on any atom is -0.496 e. The van der Waals surface area contributed by atoms with Crippen molar-refractivity contribution in [3.63, 3.8) is 0 Å². The summed E-state index contributed by atoms with van der Waals surface area (Å²) in [6.45, 7) is 2.80. The van der Waals surface area contributed by atoms with Gasteiger partial charge in [0.15, 0.2) is 0 Å². The summed E-state index contributed by atoms with van der Waals surface area (Å²) in [6, 6.07) is 15.4. The summed E-state index contributed by atoms with van der Waals surface area (Å²) >= 11 is 0. The van der Waals surface area contributed by atoms with Crippen LogP contribution < -0.4 is 15.8 Å². The molecule has 0 bridgehead atoms. The van der Waals surface area contributed by atoms with Crippen LogP contribution in [0.4, 0.5) is 0 Å². The number of methoxy groups -OCH3 is 1. The topological polar surface area (TPSA) is 64.3 Å². The molecule has 110 valence electrons. The van der Waals surface area contributed by atoms with Gasteiger partial charge in [0, 0.05) is 23.7 Å². The van der Waals surface area contributed by atoms with Crippen LogP contribution >= 0.6 is 0 Å². The molecule has 2 aromatic rings. The van der Waals surface area contributed by atoms with Gasteiger partial charge in [0.2, 0.25) is 5.91 Å². The van der Waals surface area contributed by atoms with E-state index in [1.54, 1.807) is 19.2 Å². The van der Waals surface area contributed by atoms with Crippen LogP contribution in [-0.2, 0) is 6.54 Å². The Morgan fingerprint density at radius 1 is 1.19 bits per heavy atom. The quantitative estimate of drug-likeness (QED) is 0.857. The van der Waals surface area contributed by atoms with Crippen LogP contribution in [0, 0.1) is 0 Å². The molecule has 0 aliphatic carbocycles. The summed E-state index contributed by atoms with van der Waals surface area (Å²) in [4.78, 5) is 11.0. The molecule has 0 aliphatic rings. The zero-order valence-corrected chi connectivity index (χ0v) is 12.3. The van der Waals surface area contributed by atoms with Gasteiger partial charge in [-0.1, -0.05) is 30.3 Å². The number of carbonyl (C=O) groups excluding carboxylic acids is 1. The second-order valence-electron chi connectivity index (χ2n) is 4.91. The molecule has 0 heterocycles. The molecule has 3 N–H and O–H groups in total. The lowest BCUT2D eigenvalue weighted by Crippen LogP contribution is -2.19. The standard InChI is InChI=1S/C17H20N2O2/c1-12(15-5-3-4-6-16(15)21-2)19-11-13-7-9-14(10-8-13)17(18)20/h3-10,12,19H,11H2,1-2H3,(H2,18,20)/t12-/m1/s1. The first-order chi connectivity index (χ1) is 10.1. The molecule has 4 nitrogen and oxygen atoms in total. The molecule has 0 radical (unpaired) electrons. The highest BCUT2D eigenvalue weighted by Crippen LogP contribution is 2.24. The highest BCUT2D eigenvalue weighted by molar-refractivity contribution is 5.92. The van der Waals surface area contributed by atoms with Crippen molar-refractivity contribution in [2.75, 3.05) is 7.11 Å². The van der Waals surface area contributed by atoms with Gasteiger partial charge >= 0.3 is 0 Å². The van der Waals surface area contributed by atoms with Gasteiger partial charge in [-0.15, -0.1) is 0 Å². The lowest BCUT2D eigenvalue weighted by molar-refractivity contribution is 0.100. The van der Waals surface area contributed by atoms with Crippen LogP contribution in [0.3, 0.4) is 0 Å². The van der Waals surface area contributed by atoms with E-state index in [4.69, 9.17) is 10.5 Å². The van der Waals surface area contributed by atoms with Gasteiger partial charge in [-0.25, -0.2) is 0 Å². The number of amides is 1. The van der Waals surface area contributed by atoms with E-state index in [1.807, 2.05) is 36.4 Å². The van der Waals surface area contributed by atoms with E-state index < -0.39 is 5.91 Å². The smallest absolute Gasteiger partial charge is 0.248 e. The van der Waals surface area contributed by atoms with Gasteiger partial charge in [0.25, 0.3) is 0 Å². The Bertz CT molecular complexity index is 608.